The van der Waals surface area contributed by atoms with Crippen LogP contribution >= 0.6 is 11.8 Å². The molecule has 1 nitrogen and oxygen atoms in total. The highest BCUT2D eigenvalue weighted by Gasteiger charge is 2.03. The molecule has 0 radical (unpaired) electrons. The van der Waals surface area contributed by atoms with E-state index in [0.29, 0.717) is 0 Å². The molecule has 0 aliphatic carbocycles. The highest BCUT2D eigenvalue weighted by molar-refractivity contribution is 8.03. The zero-order chi connectivity index (χ0) is 17.6. The Bertz CT molecular complexity index is 981. The van der Waals surface area contributed by atoms with Crippen LogP contribution in [0.1, 0.15) is 22.3 Å². The molecule has 0 amide bonds. The molecule has 25 heavy (non-hydrogen) atoms. The summed E-state index contributed by atoms with van der Waals surface area (Å²) in [6.07, 6.45) is 0. The van der Waals surface area contributed by atoms with Gasteiger partial charge >= 0.3 is 0 Å². The van der Waals surface area contributed by atoms with Crippen LogP contribution in [-0.4, -0.2) is 0 Å². The number of nitriles is 1. The van der Waals surface area contributed by atoms with E-state index in [2.05, 4.69) is 73.6 Å². The van der Waals surface area contributed by atoms with Crippen LogP contribution in [0.2, 0.25) is 0 Å². The monoisotopic (exact) mass is 339 g/mol. The molecule has 0 fully saturated rings. The maximum atomic E-state index is 8.73. The summed E-state index contributed by atoms with van der Waals surface area (Å²) in [6.45, 7) is 4.18. The van der Waals surface area contributed by atoms with Gasteiger partial charge in [-0.1, -0.05) is 47.7 Å². The Balaban J connectivity index is 1.84. The zero-order valence-corrected chi connectivity index (χ0v) is 15.0. The minimum Gasteiger partial charge on any atom is -0.185 e. The van der Waals surface area contributed by atoms with Crippen molar-refractivity contribution in [2.75, 3.05) is 0 Å². The topological polar surface area (TPSA) is 23.8 Å². The van der Waals surface area contributed by atoms with E-state index in [1.807, 2.05) is 24.3 Å². The largest absolute Gasteiger partial charge is 0.185 e. The lowest BCUT2D eigenvalue weighted by molar-refractivity contribution is 1.41. The second-order valence-corrected chi connectivity index (χ2v) is 6.72. The molecule has 3 rings (SSSR count). The molecule has 0 aromatic heterocycles. The van der Waals surface area contributed by atoms with E-state index in [1.54, 1.807) is 0 Å². The SMILES string of the molecule is Cc1ccc(C#Cc2ccc(-c3ccc(SC#N)cc3)c(C)c2)cc1. The summed E-state index contributed by atoms with van der Waals surface area (Å²) in [6, 6.07) is 22.6. The molecule has 0 aliphatic rings. The van der Waals surface area contributed by atoms with Crippen molar-refractivity contribution in [3.63, 3.8) is 0 Å². The molecule has 0 aliphatic heterocycles. The van der Waals surface area contributed by atoms with Gasteiger partial charge in [0, 0.05) is 16.0 Å². The van der Waals surface area contributed by atoms with E-state index in [1.165, 1.54) is 28.5 Å². The average Bonchev–Trinajstić information content (AvgIpc) is 2.62. The molecule has 0 spiro atoms. The predicted molar refractivity (Wildman–Crippen MR) is 105 cm³/mol. The number of rotatable bonds is 2. The molecule has 0 bridgehead atoms. The second-order valence-electron chi connectivity index (χ2n) is 5.86. The molecule has 0 saturated heterocycles. The number of benzene rings is 3. The number of thioether (sulfide) groups is 1. The average molecular weight is 339 g/mol. The molecular formula is C23H17NS. The second kappa shape index (κ2) is 7.75. The first-order chi connectivity index (χ1) is 12.2. The third-order valence-corrected chi connectivity index (χ3v) is 4.56. The first kappa shape index (κ1) is 16.9. The Hall–Kier alpha value is -2.94. The summed E-state index contributed by atoms with van der Waals surface area (Å²) >= 11 is 1.18. The van der Waals surface area contributed by atoms with E-state index in [9.17, 15) is 0 Å². The van der Waals surface area contributed by atoms with Gasteiger partial charge in [0.2, 0.25) is 0 Å². The summed E-state index contributed by atoms with van der Waals surface area (Å²) in [4.78, 5) is 0.962. The molecule has 0 N–H and O–H groups in total. The van der Waals surface area contributed by atoms with E-state index >= 15 is 0 Å². The third-order valence-electron chi connectivity index (χ3n) is 3.96. The predicted octanol–water partition coefficient (Wildman–Crippen LogP) is 5.94. The lowest BCUT2D eigenvalue weighted by Crippen LogP contribution is -1.86. The van der Waals surface area contributed by atoms with Gasteiger partial charge in [0.05, 0.1) is 0 Å². The van der Waals surface area contributed by atoms with Crippen molar-refractivity contribution in [1.82, 2.24) is 0 Å². The van der Waals surface area contributed by atoms with Gasteiger partial charge in [-0.15, -0.1) is 0 Å². The van der Waals surface area contributed by atoms with Gasteiger partial charge in [0.25, 0.3) is 0 Å². The van der Waals surface area contributed by atoms with Crippen molar-refractivity contribution >= 4 is 11.8 Å². The van der Waals surface area contributed by atoms with Crippen molar-refractivity contribution in [3.8, 4) is 28.4 Å². The van der Waals surface area contributed by atoms with Crippen molar-refractivity contribution in [2.24, 2.45) is 0 Å². The Morgan fingerprint density at radius 2 is 1.40 bits per heavy atom. The van der Waals surface area contributed by atoms with Crippen LogP contribution in [0, 0.1) is 36.4 Å². The normalized spacial score (nSPS) is 9.80. The van der Waals surface area contributed by atoms with Crippen LogP contribution in [-0.2, 0) is 0 Å². The molecule has 3 aromatic rings. The third kappa shape index (κ3) is 4.32. The lowest BCUT2D eigenvalue weighted by Gasteiger charge is -2.07. The first-order valence-electron chi connectivity index (χ1n) is 8.01. The van der Waals surface area contributed by atoms with E-state index in [4.69, 9.17) is 5.26 Å². The quantitative estimate of drug-likeness (QED) is 0.327. The maximum Gasteiger partial charge on any atom is 0.138 e. The van der Waals surface area contributed by atoms with Gasteiger partial charge in [0.1, 0.15) is 5.40 Å². The van der Waals surface area contributed by atoms with Crippen LogP contribution in [0.25, 0.3) is 11.1 Å². The van der Waals surface area contributed by atoms with Crippen molar-refractivity contribution in [2.45, 2.75) is 18.7 Å². The van der Waals surface area contributed by atoms with Gasteiger partial charge in [0.15, 0.2) is 0 Å². The Labute approximate surface area is 153 Å². The number of thiocyanates is 1. The Morgan fingerprint density at radius 3 is 2.04 bits per heavy atom. The molecule has 0 atom stereocenters. The van der Waals surface area contributed by atoms with E-state index < -0.39 is 0 Å². The fourth-order valence-corrected chi connectivity index (χ4v) is 2.98. The minimum atomic E-state index is 0.962. The number of hydrogen-bond acceptors (Lipinski definition) is 2. The fraction of sp³-hybridized carbons (Fsp3) is 0.0870. The summed E-state index contributed by atoms with van der Waals surface area (Å²) < 4.78 is 0. The molecule has 0 unspecified atom stereocenters. The summed E-state index contributed by atoms with van der Waals surface area (Å²) in [5.74, 6) is 6.45. The molecule has 120 valence electrons. The lowest BCUT2D eigenvalue weighted by atomic mass is 9.98. The first-order valence-corrected chi connectivity index (χ1v) is 8.83. The van der Waals surface area contributed by atoms with Gasteiger partial charge in [-0.25, -0.2) is 0 Å². The summed E-state index contributed by atoms with van der Waals surface area (Å²) in [5, 5.41) is 10.8. The van der Waals surface area contributed by atoms with Gasteiger partial charge in [-0.2, -0.15) is 5.26 Å². The maximum absolute atomic E-state index is 8.73. The van der Waals surface area contributed by atoms with Crippen LogP contribution < -0.4 is 0 Å². The standard InChI is InChI=1S/C23H17NS/c1-17-3-5-19(6-4-17)7-8-20-9-14-23(18(2)15-20)21-10-12-22(13-11-21)25-16-24/h3-6,9-15H,1-2H3. The highest BCUT2D eigenvalue weighted by atomic mass is 32.2. The molecule has 2 heteroatoms. The van der Waals surface area contributed by atoms with E-state index in [0.717, 1.165) is 21.6 Å². The highest BCUT2D eigenvalue weighted by Crippen LogP contribution is 2.26. The summed E-state index contributed by atoms with van der Waals surface area (Å²) in [7, 11) is 0. The van der Waals surface area contributed by atoms with Crippen molar-refractivity contribution < 1.29 is 0 Å². The molecular weight excluding hydrogens is 322 g/mol. The van der Waals surface area contributed by atoms with Crippen molar-refractivity contribution in [1.29, 1.82) is 5.26 Å². The fourth-order valence-electron chi connectivity index (χ4n) is 2.60. The zero-order valence-electron chi connectivity index (χ0n) is 14.2. The smallest absolute Gasteiger partial charge is 0.138 e. The van der Waals surface area contributed by atoms with Gasteiger partial charge in [-0.3, -0.25) is 0 Å². The summed E-state index contributed by atoms with van der Waals surface area (Å²) in [5.41, 5.74) is 6.81. The number of nitrogens with zero attached hydrogens (tertiary/aromatic N) is 1. The van der Waals surface area contributed by atoms with Crippen LogP contribution in [0.15, 0.2) is 71.6 Å². The van der Waals surface area contributed by atoms with Gasteiger partial charge in [-0.05, 0) is 78.7 Å². The van der Waals surface area contributed by atoms with Crippen LogP contribution in [0.4, 0.5) is 0 Å². The number of hydrogen-bond donors (Lipinski definition) is 0. The Kier molecular flexibility index (Phi) is 5.24. The molecule has 0 heterocycles. The van der Waals surface area contributed by atoms with Gasteiger partial charge < -0.3 is 0 Å². The molecule has 3 aromatic carbocycles. The van der Waals surface area contributed by atoms with Crippen molar-refractivity contribution in [3.05, 3.63) is 89.0 Å². The Morgan fingerprint density at radius 1 is 0.760 bits per heavy atom. The van der Waals surface area contributed by atoms with Crippen LogP contribution in [0.5, 0.6) is 0 Å². The number of aryl methyl sites for hydroxylation is 2. The molecule has 0 saturated carbocycles. The van der Waals surface area contributed by atoms with Crippen LogP contribution in [0.3, 0.4) is 0 Å². The minimum absolute atomic E-state index is 0.962. The van der Waals surface area contributed by atoms with E-state index in [-0.39, 0.29) is 0 Å².